The highest BCUT2D eigenvalue weighted by molar-refractivity contribution is 7.10. The fourth-order valence-corrected chi connectivity index (χ4v) is 2.41. The fourth-order valence-electron chi connectivity index (χ4n) is 1.68. The summed E-state index contributed by atoms with van der Waals surface area (Å²) in [7, 11) is 1.49. The summed E-state index contributed by atoms with van der Waals surface area (Å²) in [5.74, 6) is -0.167. The van der Waals surface area contributed by atoms with Gasteiger partial charge >= 0.3 is 0 Å². The maximum atomic E-state index is 11.4. The normalized spacial score (nSPS) is 10.2. The summed E-state index contributed by atoms with van der Waals surface area (Å²) in [4.78, 5) is 12.5. The molecule has 0 radical (unpaired) electrons. The number of carbonyl (C=O) groups is 1. The Hall–Kier alpha value is -2.05. The fraction of sp³-hybridized carbons (Fsp3) is 0.214. The molecule has 20 heavy (non-hydrogen) atoms. The van der Waals surface area contributed by atoms with E-state index in [2.05, 4.69) is 10.6 Å². The van der Waals surface area contributed by atoms with Crippen LogP contribution in [-0.4, -0.2) is 19.6 Å². The van der Waals surface area contributed by atoms with Crippen LogP contribution in [0.25, 0.3) is 0 Å². The molecular weight excluding hydrogens is 274 g/mol. The van der Waals surface area contributed by atoms with Crippen molar-refractivity contribution in [1.82, 2.24) is 0 Å². The second-order valence-electron chi connectivity index (χ2n) is 4.21. The van der Waals surface area contributed by atoms with Crippen molar-refractivity contribution >= 4 is 34.3 Å². The zero-order valence-corrected chi connectivity index (χ0v) is 12.0. The zero-order chi connectivity index (χ0) is 14.4. The van der Waals surface area contributed by atoms with Gasteiger partial charge in [-0.05, 0) is 35.7 Å². The molecule has 106 valence electrons. The summed E-state index contributed by atoms with van der Waals surface area (Å²) in [6.45, 7) is 0.747. The predicted octanol–water partition coefficient (Wildman–Crippen LogP) is 2.53. The van der Waals surface area contributed by atoms with Crippen LogP contribution in [0.1, 0.15) is 4.88 Å². The standard InChI is InChI=1S/C14H17N3O2S/c1-19-9-14(18)17-11-4-2-10(3-5-11)16-8-13-12(15)6-7-20-13/h2-7,16H,8-9,15H2,1H3,(H,17,18). The molecule has 0 aliphatic carbocycles. The maximum Gasteiger partial charge on any atom is 0.250 e. The number of benzene rings is 1. The topological polar surface area (TPSA) is 76.4 Å². The van der Waals surface area contributed by atoms with Crippen molar-refractivity contribution < 1.29 is 9.53 Å². The molecule has 0 saturated carbocycles. The van der Waals surface area contributed by atoms with Gasteiger partial charge < -0.3 is 21.1 Å². The Kier molecular flexibility index (Phi) is 4.97. The molecule has 0 atom stereocenters. The molecule has 4 N–H and O–H groups in total. The number of amides is 1. The lowest BCUT2D eigenvalue weighted by Gasteiger charge is -2.08. The summed E-state index contributed by atoms with van der Waals surface area (Å²) in [5, 5.41) is 8.00. The molecule has 2 aromatic rings. The summed E-state index contributed by atoms with van der Waals surface area (Å²) in [5.41, 5.74) is 8.35. The third-order valence-electron chi connectivity index (χ3n) is 2.68. The predicted molar refractivity (Wildman–Crippen MR) is 83.0 cm³/mol. The maximum absolute atomic E-state index is 11.4. The van der Waals surface area contributed by atoms with E-state index < -0.39 is 0 Å². The van der Waals surface area contributed by atoms with Gasteiger partial charge in [0.15, 0.2) is 0 Å². The second kappa shape index (κ2) is 6.93. The quantitative estimate of drug-likeness (QED) is 0.764. The van der Waals surface area contributed by atoms with Crippen molar-refractivity contribution in [3.63, 3.8) is 0 Å². The monoisotopic (exact) mass is 291 g/mol. The molecule has 0 bridgehead atoms. The Morgan fingerprint density at radius 1 is 1.25 bits per heavy atom. The van der Waals surface area contributed by atoms with Crippen molar-refractivity contribution in [3.8, 4) is 0 Å². The first-order valence-electron chi connectivity index (χ1n) is 6.13. The molecule has 6 heteroatoms. The van der Waals surface area contributed by atoms with Crippen LogP contribution >= 0.6 is 11.3 Å². The molecule has 5 nitrogen and oxygen atoms in total. The van der Waals surface area contributed by atoms with Crippen molar-refractivity contribution in [3.05, 3.63) is 40.6 Å². The van der Waals surface area contributed by atoms with Crippen molar-refractivity contribution in [2.24, 2.45) is 0 Å². The van der Waals surface area contributed by atoms with E-state index in [-0.39, 0.29) is 12.5 Å². The lowest BCUT2D eigenvalue weighted by Crippen LogP contribution is -2.16. The molecule has 0 spiro atoms. The number of anilines is 3. The third kappa shape index (κ3) is 3.97. The van der Waals surface area contributed by atoms with E-state index in [9.17, 15) is 4.79 Å². The number of hydrogen-bond acceptors (Lipinski definition) is 5. The van der Waals surface area contributed by atoms with Crippen LogP contribution in [0.4, 0.5) is 17.1 Å². The van der Waals surface area contributed by atoms with Gasteiger partial charge in [-0.3, -0.25) is 4.79 Å². The van der Waals surface area contributed by atoms with Gasteiger partial charge in [-0.25, -0.2) is 0 Å². The molecule has 0 aliphatic heterocycles. The van der Waals surface area contributed by atoms with Crippen LogP contribution in [0.3, 0.4) is 0 Å². The third-order valence-corrected chi connectivity index (χ3v) is 3.61. The van der Waals surface area contributed by atoms with Crippen LogP contribution in [0.5, 0.6) is 0 Å². The summed E-state index contributed by atoms with van der Waals surface area (Å²) in [6.07, 6.45) is 0. The minimum Gasteiger partial charge on any atom is -0.398 e. The van der Waals surface area contributed by atoms with E-state index >= 15 is 0 Å². The number of thiophene rings is 1. The Balaban J connectivity index is 1.88. The number of rotatable bonds is 6. The first-order chi connectivity index (χ1) is 9.69. The Morgan fingerprint density at radius 3 is 2.55 bits per heavy atom. The summed E-state index contributed by atoms with van der Waals surface area (Å²) >= 11 is 1.63. The van der Waals surface area contributed by atoms with E-state index in [0.29, 0.717) is 6.54 Å². The van der Waals surface area contributed by atoms with E-state index in [1.54, 1.807) is 11.3 Å². The number of carbonyl (C=O) groups excluding carboxylic acids is 1. The number of methoxy groups -OCH3 is 1. The van der Waals surface area contributed by atoms with Crippen LogP contribution in [0.15, 0.2) is 35.7 Å². The Bertz CT molecular complexity index is 566. The van der Waals surface area contributed by atoms with E-state index in [1.807, 2.05) is 35.7 Å². The Morgan fingerprint density at radius 2 is 1.95 bits per heavy atom. The summed E-state index contributed by atoms with van der Waals surface area (Å²) < 4.78 is 4.76. The SMILES string of the molecule is COCC(=O)Nc1ccc(NCc2sccc2N)cc1. The van der Waals surface area contributed by atoms with Gasteiger partial charge in [-0.1, -0.05) is 0 Å². The number of nitrogen functional groups attached to an aromatic ring is 1. The van der Waals surface area contributed by atoms with Crippen LogP contribution < -0.4 is 16.4 Å². The van der Waals surface area contributed by atoms with Crippen molar-refractivity contribution in [2.75, 3.05) is 30.1 Å². The smallest absolute Gasteiger partial charge is 0.250 e. The van der Waals surface area contributed by atoms with Crippen LogP contribution in [0.2, 0.25) is 0 Å². The molecule has 0 unspecified atom stereocenters. The van der Waals surface area contributed by atoms with Gasteiger partial charge in [0.1, 0.15) is 6.61 Å². The van der Waals surface area contributed by atoms with Crippen molar-refractivity contribution in [1.29, 1.82) is 0 Å². The van der Waals surface area contributed by atoms with Crippen LogP contribution in [-0.2, 0) is 16.1 Å². The average molecular weight is 291 g/mol. The molecule has 1 aromatic heterocycles. The second-order valence-corrected chi connectivity index (χ2v) is 5.21. The number of hydrogen-bond donors (Lipinski definition) is 3. The number of nitrogens with two attached hydrogens (primary N) is 1. The van der Waals surface area contributed by atoms with Gasteiger partial charge in [0.2, 0.25) is 5.91 Å². The molecule has 1 amide bonds. The van der Waals surface area contributed by atoms with Crippen molar-refractivity contribution in [2.45, 2.75) is 6.54 Å². The Labute approximate surface area is 121 Å². The molecule has 0 saturated heterocycles. The van der Waals surface area contributed by atoms with E-state index in [1.165, 1.54) is 7.11 Å². The number of nitrogens with one attached hydrogen (secondary N) is 2. The molecule has 0 aliphatic rings. The van der Waals surface area contributed by atoms with Gasteiger partial charge in [-0.15, -0.1) is 11.3 Å². The van der Waals surface area contributed by atoms with Gasteiger partial charge in [0.25, 0.3) is 0 Å². The van der Waals surface area contributed by atoms with E-state index in [0.717, 1.165) is 21.9 Å². The zero-order valence-electron chi connectivity index (χ0n) is 11.2. The summed E-state index contributed by atoms with van der Waals surface area (Å²) in [6, 6.07) is 9.40. The highest BCUT2D eigenvalue weighted by atomic mass is 32.1. The van der Waals surface area contributed by atoms with Gasteiger partial charge in [0.05, 0.1) is 6.54 Å². The molecule has 0 fully saturated rings. The minimum absolute atomic E-state index is 0.0532. The number of ether oxygens (including phenoxy) is 1. The molecular formula is C14H17N3O2S. The highest BCUT2D eigenvalue weighted by Gasteiger charge is 2.02. The first-order valence-corrected chi connectivity index (χ1v) is 7.01. The van der Waals surface area contributed by atoms with Crippen LogP contribution in [0, 0.1) is 0 Å². The molecule has 1 heterocycles. The average Bonchev–Trinajstić information content (AvgIpc) is 2.84. The van der Waals surface area contributed by atoms with Gasteiger partial charge in [0, 0.05) is 29.0 Å². The minimum atomic E-state index is -0.167. The van der Waals surface area contributed by atoms with Gasteiger partial charge in [-0.2, -0.15) is 0 Å². The largest absolute Gasteiger partial charge is 0.398 e. The molecule has 1 aromatic carbocycles. The highest BCUT2D eigenvalue weighted by Crippen LogP contribution is 2.21. The lowest BCUT2D eigenvalue weighted by atomic mass is 10.2. The lowest BCUT2D eigenvalue weighted by molar-refractivity contribution is -0.119. The van der Waals surface area contributed by atoms with E-state index in [4.69, 9.17) is 10.5 Å². The molecule has 2 rings (SSSR count). The first kappa shape index (κ1) is 14.4.